The first-order valence-corrected chi connectivity index (χ1v) is 4.37. The summed E-state index contributed by atoms with van der Waals surface area (Å²) in [6, 6.07) is 4.15. The quantitative estimate of drug-likeness (QED) is 0.730. The number of nitrogens with one attached hydrogen (secondary N) is 1. The van der Waals surface area contributed by atoms with E-state index in [1.54, 1.807) is 0 Å². The Hall–Kier alpha value is -1.62. The van der Waals surface area contributed by atoms with Gasteiger partial charge in [0.2, 0.25) is 0 Å². The van der Waals surface area contributed by atoms with Crippen molar-refractivity contribution in [1.82, 2.24) is 0 Å². The fourth-order valence-corrected chi connectivity index (χ4v) is 1.05. The van der Waals surface area contributed by atoms with Gasteiger partial charge in [-0.3, -0.25) is 4.79 Å². The first kappa shape index (κ1) is 11.5. The summed E-state index contributed by atoms with van der Waals surface area (Å²) in [7, 11) is 1.29. The van der Waals surface area contributed by atoms with Crippen LogP contribution in [0.5, 0.6) is 0 Å². The molecule has 0 atom stereocenters. The molecule has 1 aromatic carbocycles. The largest absolute Gasteiger partial charge is 0.468 e. The number of hydrogen-bond acceptors (Lipinski definition) is 4. The molecule has 0 heterocycles. The Labute approximate surface area is 86.7 Å². The van der Waals surface area contributed by atoms with E-state index in [0.29, 0.717) is 5.69 Å². The average molecular weight is 213 g/mol. The number of ether oxygens (including phenoxy) is 1. The number of hydrogen-bond donors (Lipinski definition) is 2. The van der Waals surface area contributed by atoms with Crippen LogP contribution in [0.15, 0.2) is 18.2 Å². The standard InChI is InChI=1S/C10H12FNO3/c1-15-10(14)5-12-8-2-3-9(11)7(4-8)6-13/h2-4,12-13H,5-6H2,1H3. The lowest BCUT2D eigenvalue weighted by Crippen LogP contribution is -2.15. The van der Waals surface area contributed by atoms with Gasteiger partial charge in [-0.25, -0.2) is 4.39 Å². The van der Waals surface area contributed by atoms with Crippen LogP contribution in [0.4, 0.5) is 10.1 Å². The van der Waals surface area contributed by atoms with Gasteiger partial charge in [0.25, 0.3) is 0 Å². The molecule has 0 aromatic heterocycles. The normalized spacial score (nSPS) is 9.80. The van der Waals surface area contributed by atoms with E-state index in [9.17, 15) is 9.18 Å². The number of halogens is 1. The minimum Gasteiger partial charge on any atom is -0.468 e. The van der Waals surface area contributed by atoms with E-state index >= 15 is 0 Å². The van der Waals surface area contributed by atoms with Crippen LogP contribution < -0.4 is 5.32 Å². The third-order valence-electron chi connectivity index (χ3n) is 1.88. The molecular weight excluding hydrogens is 201 g/mol. The summed E-state index contributed by atoms with van der Waals surface area (Å²) < 4.78 is 17.4. The summed E-state index contributed by atoms with van der Waals surface area (Å²) in [5.41, 5.74) is 0.746. The zero-order valence-corrected chi connectivity index (χ0v) is 8.29. The van der Waals surface area contributed by atoms with E-state index in [2.05, 4.69) is 10.1 Å². The number of methoxy groups -OCH3 is 1. The van der Waals surface area contributed by atoms with Gasteiger partial charge in [0.15, 0.2) is 0 Å². The van der Waals surface area contributed by atoms with E-state index in [4.69, 9.17) is 5.11 Å². The maximum absolute atomic E-state index is 13.0. The molecule has 5 heteroatoms. The first-order chi connectivity index (χ1) is 7.17. The van der Waals surface area contributed by atoms with E-state index in [1.807, 2.05) is 0 Å². The number of rotatable bonds is 4. The SMILES string of the molecule is COC(=O)CNc1ccc(F)c(CO)c1. The topological polar surface area (TPSA) is 58.6 Å². The minimum absolute atomic E-state index is 0.00695. The van der Waals surface area contributed by atoms with Crippen LogP contribution in [0.1, 0.15) is 5.56 Å². The van der Waals surface area contributed by atoms with E-state index in [0.717, 1.165) is 0 Å². The van der Waals surface area contributed by atoms with Crippen LogP contribution in [0.2, 0.25) is 0 Å². The van der Waals surface area contributed by atoms with Crippen molar-refractivity contribution in [2.75, 3.05) is 19.0 Å². The maximum atomic E-state index is 13.0. The Kier molecular flexibility index (Phi) is 4.05. The zero-order chi connectivity index (χ0) is 11.3. The Balaban J connectivity index is 2.66. The number of carbonyl (C=O) groups excluding carboxylic acids is 1. The number of esters is 1. The van der Waals surface area contributed by atoms with Crippen molar-refractivity contribution in [3.8, 4) is 0 Å². The highest BCUT2D eigenvalue weighted by molar-refractivity contribution is 5.74. The second-order valence-corrected chi connectivity index (χ2v) is 2.89. The lowest BCUT2D eigenvalue weighted by Gasteiger charge is -2.06. The number of aliphatic hydroxyl groups excluding tert-OH is 1. The van der Waals surface area contributed by atoms with Gasteiger partial charge in [-0.2, -0.15) is 0 Å². The molecule has 82 valence electrons. The van der Waals surface area contributed by atoms with Crippen molar-refractivity contribution in [2.45, 2.75) is 6.61 Å². The summed E-state index contributed by atoms with van der Waals surface area (Å²) in [4.78, 5) is 10.8. The van der Waals surface area contributed by atoms with Crippen molar-refractivity contribution in [2.24, 2.45) is 0 Å². The number of aliphatic hydroxyl groups is 1. The van der Waals surface area contributed by atoms with Crippen LogP contribution in [0.3, 0.4) is 0 Å². The van der Waals surface area contributed by atoms with Crippen LogP contribution in [-0.4, -0.2) is 24.7 Å². The van der Waals surface area contributed by atoms with Gasteiger partial charge in [0.05, 0.1) is 13.7 Å². The van der Waals surface area contributed by atoms with Crippen LogP contribution in [0.25, 0.3) is 0 Å². The molecule has 0 spiro atoms. The van der Waals surface area contributed by atoms with Gasteiger partial charge < -0.3 is 15.2 Å². The molecule has 1 rings (SSSR count). The second-order valence-electron chi connectivity index (χ2n) is 2.89. The van der Waals surface area contributed by atoms with Crippen LogP contribution in [0, 0.1) is 5.82 Å². The van der Waals surface area contributed by atoms with E-state index < -0.39 is 11.8 Å². The van der Waals surface area contributed by atoms with Gasteiger partial charge in [-0.15, -0.1) is 0 Å². The fraction of sp³-hybridized carbons (Fsp3) is 0.300. The molecule has 1 aromatic rings. The van der Waals surface area contributed by atoms with Crippen LogP contribution >= 0.6 is 0 Å². The molecular formula is C10H12FNO3. The van der Waals surface area contributed by atoms with E-state index in [1.165, 1.54) is 25.3 Å². The smallest absolute Gasteiger partial charge is 0.325 e. The van der Waals surface area contributed by atoms with Gasteiger partial charge in [-0.1, -0.05) is 0 Å². The highest BCUT2D eigenvalue weighted by Gasteiger charge is 2.04. The third kappa shape index (κ3) is 3.21. The Morgan fingerprint density at radius 1 is 1.60 bits per heavy atom. The average Bonchev–Trinajstić information content (AvgIpc) is 2.27. The van der Waals surface area contributed by atoms with Crippen LogP contribution in [-0.2, 0) is 16.1 Å². The van der Waals surface area contributed by atoms with E-state index in [-0.39, 0.29) is 18.7 Å². The predicted molar refractivity (Wildman–Crippen MR) is 52.8 cm³/mol. The number of benzene rings is 1. The van der Waals surface area contributed by atoms with Gasteiger partial charge in [-0.05, 0) is 18.2 Å². The number of carbonyl (C=O) groups is 1. The molecule has 0 radical (unpaired) electrons. The molecule has 2 N–H and O–H groups in total. The van der Waals surface area contributed by atoms with Gasteiger partial charge >= 0.3 is 5.97 Å². The molecule has 0 fully saturated rings. The zero-order valence-electron chi connectivity index (χ0n) is 8.29. The Morgan fingerprint density at radius 3 is 2.93 bits per heavy atom. The molecule has 0 bridgehead atoms. The summed E-state index contributed by atoms with van der Waals surface area (Å²) in [6.07, 6.45) is 0. The van der Waals surface area contributed by atoms with Crippen molar-refractivity contribution < 1.29 is 19.0 Å². The maximum Gasteiger partial charge on any atom is 0.325 e. The van der Waals surface area contributed by atoms with Crippen molar-refractivity contribution in [3.05, 3.63) is 29.6 Å². The summed E-state index contributed by atoms with van der Waals surface area (Å²) in [5.74, 6) is -0.883. The highest BCUT2D eigenvalue weighted by Crippen LogP contribution is 2.14. The fourth-order valence-electron chi connectivity index (χ4n) is 1.05. The predicted octanol–water partition coefficient (Wildman–Crippen LogP) is 0.903. The monoisotopic (exact) mass is 213 g/mol. The summed E-state index contributed by atoms with van der Waals surface area (Å²) in [6.45, 7) is -0.368. The molecule has 0 aliphatic carbocycles. The molecule has 0 unspecified atom stereocenters. The first-order valence-electron chi connectivity index (χ1n) is 4.37. The van der Waals surface area contributed by atoms with Crippen molar-refractivity contribution in [1.29, 1.82) is 0 Å². The molecule has 0 saturated carbocycles. The molecule has 0 aliphatic heterocycles. The lowest BCUT2D eigenvalue weighted by atomic mass is 10.2. The number of anilines is 1. The Bertz CT molecular complexity index is 355. The van der Waals surface area contributed by atoms with Gasteiger partial charge in [0, 0.05) is 11.3 Å². The van der Waals surface area contributed by atoms with Crippen molar-refractivity contribution in [3.63, 3.8) is 0 Å². The second kappa shape index (κ2) is 5.31. The Morgan fingerprint density at radius 2 is 2.33 bits per heavy atom. The van der Waals surface area contributed by atoms with Crippen molar-refractivity contribution >= 4 is 11.7 Å². The summed E-state index contributed by atoms with van der Waals surface area (Å²) >= 11 is 0. The lowest BCUT2D eigenvalue weighted by molar-refractivity contribution is -0.138. The molecule has 0 aliphatic rings. The molecule has 0 saturated heterocycles. The third-order valence-corrected chi connectivity index (χ3v) is 1.88. The highest BCUT2D eigenvalue weighted by atomic mass is 19.1. The van der Waals surface area contributed by atoms with Gasteiger partial charge in [0.1, 0.15) is 12.4 Å². The molecule has 15 heavy (non-hydrogen) atoms. The minimum atomic E-state index is -0.471. The molecule has 4 nitrogen and oxygen atoms in total. The molecule has 0 amide bonds. The summed E-state index contributed by atoms with van der Waals surface area (Å²) in [5, 5.41) is 11.6.